The van der Waals surface area contributed by atoms with Crippen LogP contribution in [0.5, 0.6) is 0 Å². The van der Waals surface area contributed by atoms with E-state index in [0.29, 0.717) is 11.0 Å². The molecular weight excluding hydrogens is 220 g/mol. The first-order valence-electron chi connectivity index (χ1n) is 3.37. The third-order valence-electron chi connectivity index (χ3n) is 1.57. The molecule has 0 saturated heterocycles. The van der Waals surface area contributed by atoms with Crippen LogP contribution < -0.4 is 5.43 Å². The van der Waals surface area contributed by atoms with Gasteiger partial charge in [-0.3, -0.25) is 4.79 Å². The normalized spacial score (nSPS) is 10.4. The van der Waals surface area contributed by atoms with Crippen molar-refractivity contribution in [3.8, 4) is 0 Å². The van der Waals surface area contributed by atoms with E-state index in [1.54, 1.807) is 18.2 Å². The van der Waals surface area contributed by atoms with Gasteiger partial charge >= 0.3 is 0 Å². The highest BCUT2D eigenvalue weighted by atomic mass is 79.9. The van der Waals surface area contributed by atoms with E-state index >= 15 is 0 Å². The molecule has 0 bridgehead atoms. The third-order valence-corrected chi connectivity index (χ3v) is 2.06. The second-order valence-corrected chi connectivity index (χ2v) is 3.28. The molecule has 1 aromatic carbocycles. The average Bonchev–Trinajstić information content (AvgIpc) is 2.04. The Bertz CT molecular complexity index is 473. The van der Waals surface area contributed by atoms with E-state index in [9.17, 15) is 4.79 Å². The fraction of sp³-hybridized carbons (Fsp3) is 0. The molecule has 0 N–H and O–H groups in total. The Morgan fingerprint density at radius 2 is 2.25 bits per heavy atom. The Morgan fingerprint density at radius 1 is 1.42 bits per heavy atom. The van der Waals surface area contributed by atoms with Crippen LogP contribution in [0.3, 0.4) is 0 Å². The monoisotopic (exact) mass is 223 g/mol. The molecule has 0 aliphatic heterocycles. The average molecular weight is 224 g/mol. The maximum atomic E-state index is 11.2. The van der Waals surface area contributed by atoms with Gasteiger partial charge in [0.1, 0.15) is 5.58 Å². The molecule has 0 atom stereocenters. The van der Waals surface area contributed by atoms with Crippen molar-refractivity contribution in [2.24, 2.45) is 0 Å². The van der Waals surface area contributed by atoms with Crippen molar-refractivity contribution in [2.75, 3.05) is 0 Å². The molecule has 0 amide bonds. The van der Waals surface area contributed by atoms with Crippen LogP contribution in [0.4, 0.5) is 0 Å². The zero-order valence-corrected chi connectivity index (χ0v) is 7.59. The smallest absolute Gasteiger partial charge is 0.193 e. The topological polar surface area (TPSA) is 30.2 Å². The standard InChI is InChI=1S/C9H4BrO2/c10-6-1-2-7-8(11)3-4-12-9(7)5-6/h1-3,5H. The van der Waals surface area contributed by atoms with Crippen LogP contribution in [0.15, 0.2) is 37.9 Å². The summed E-state index contributed by atoms with van der Waals surface area (Å²) in [4.78, 5) is 11.2. The fourth-order valence-electron chi connectivity index (χ4n) is 1.01. The van der Waals surface area contributed by atoms with Crippen molar-refractivity contribution in [1.29, 1.82) is 0 Å². The second-order valence-electron chi connectivity index (χ2n) is 2.37. The van der Waals surface area contributed by atoms with Gasteiger partial charge < -0.3 is 4.42 Å². The molecule has 1 aromatic heterocycles. The minimum Gasteiger partial charge on any atom is -0.452 e. The van der Waals surface area contributed by atoms with E-state index in [0.717, 1.165) is 4.47 Å². The molecule has 1 heterocycles. The summed E-state index contributed by atoms with van der Waals surface area (Å²) in [6.45, 7) is 0. The number of halogens is 1. The van der Waals surface area contributed by atoms with Gasteiger partial charge in [-0.1, -0.05) is 15.9 Å². The molecule has 0 fully saturated rings. The van der Waals surface area contributed by atoms with Crippen molar-refractivity contribution < 1.29 is 4.42 Å². The number of hydrogen-bond donors (Lipinski definition) is 0. The molecule has 59 valence electrons. The largest absolute Gasteiger partial charge is 0.452 e. The van der Waals surface area contributed by atoms with Crippen molar-refractivity contribution in [1.82, 2.24) is 0 Å². The predicted molar refractivity (Wildman–Crippen MR) is 49.0 cm³/mol. The molecule has 0 unspecified atom stereocenters. The van der Waals surface area contributed by atoms with Gasteiger partial charge in [0.05, 0.1) is 5.39 Å². The summed E-state index contributed by atoms with van der Waals surface area (Å²) in [6.07, 6.45) is 2.42. The quantitative estimate of drug-likeness (QED) is 0.687. The highest BCUT2D eigenvalue weighted by molar-refractivity contribution is 9.10. The molecule has 0 saturated carbocycles. The van der Waals surface area contributed by atoms with Crippen LogP contribution in [-0.2, 0) is 0 Å². The molecule has 12 heavy (non-hydrogen) atoms. The Hall–Kier alpha value is -1.09. The summed E-state index contributed by atoms with van der Waals surface area (Å²) in [5.41, 5.74) is 0.487. The summed E-state index contributed by atoms with van der Waals surface area (Å²) in [5, 5.41) is 0.581. The first-order valence-corrected chi connectivity index (χ1v) is 4.16. The summed E-state index contributed by atoms with van der Waals surface area (Å²) in [5.74, 6) is 0. The lowest BCUT2D eigenvalue weighted by atomic mass is 10.2. The van der Waals surface area contributed by atoms with E-state index in [1.807, 2.05) is 0 Å². The lowest BCUT2D eigenvalue weighted by Gasteiger charge is -1.93. The van der Waals surface area contributed by atoms with Gasteiger partial charge in [-0.05, 0) is 18.2 Å². The zero-order chi connectivity index (χ0) is 8.55. The molecule has 2 aromatic rings. The van der Waals surface area contributed by atoms with E-state index in [2.05, 4.69) is 22.2 Å². The molecule has 2 rings (SSSR count). The van der Waals surface area contributed by atoms with E-state index in [4.69, 9.17) is 4.42 Å². The Labute approximate surface area is 76.9 Å². The summed E-state index contributed by atoms with van der Waals surface area (Å²) in [6, 6.07) is 6.56. The maximum Gasteiger partial charge on any atom is 0.193 e. The number of fused-ring (bicyclic) bond motifs is 1. The minimum absolute atomic E-state index is 0.0660. The molecule has 1 radical (unpaired) electrons. The lowest BCUT2D eigenvalue weighted by Crippen LogP contribution is -1.97. The molecule has 0 aliphatic rings. The Balaban J connectivity index is 2.96. The molecule has 0 spiro atoms. The number of rotatable bonds is 0. The highest BCUT2D eigenvalue weighted by Crippen LogP contribution is 2.16. The van der Waals surface area contributed by atoms with Crippen LogP contribution >= 0.6 is 15.9 Å². The fourth-order valence-corrected chi connectivity index (χ4v) is 1.35. The van der Waals surface area contributed by atoms with Crippen LogP contribution in [0.25, 0.3) is 11.0 Å². The van der Waals surface area contributed by atoms with Gasteiger partial charge in [-0.2, -0.15) is 0 Å². The minimum atomic E-state index is -0.0660. The van der Waals surface area contributed by atoms with Crippen LogP contribution in [-0.4, -0.2) is 0 Å². The summed E-state index contributed by atoms with van der Waals surface area (Å²) >= 11 is 3.28. The van der Waals surface area contributed by atoms with Crippen molar-refractivity contribution in [3.63, 3.8) is 0 Å². The Kier molecular flexibility index (Phi) is 1.73. The number of hydrogen-bond acceptors (Lipinski definition) is 2. The second kappa shape index (κ2) is 2.75. The van der Waals surface area contributed by atoms with Gasteiger partial charge in [0.2, 0.25) is 0 Å². The van der Waals surface area contributed by atoms with Gasteiger partial charge in [0, 0.05) is 10.5 Å². The van der Waals surface area contributed by atoms with Gasteiger partial charge in [-0.25, -0.2) is 0 Å². The van der Waals surface area contributed by atoms with Crippen LogP contribution in [0.2, 0.25) is 0 Å². The third kappa shape index (κ3) is 1.16. The Morgan fingerprint density at radius 3 is 3.08 bits per heavy atom. The van der Waals surface area contributed by atoms with Gasteiger partial charge in [-0.15, -0.1) is 0 Å². The maximum absolute atomic E-state index is 11.2. The predicted octanol–water partition coefficient (Wildman–Crippen LogP) is 2.36. The van der Waals surface area contributed by atoms with E-state index in [-0.39, 0.29) is 5.43 Å². The van der Waals surface area contributed by atoms with E-state index in [1.165, 1.54) is 6.07 Å². The zero-order valence-electron chi connectivity index (χ0n) is 6.00. The van der Waals surface area contributed by atoms with Crippen molar-refractivity contribution >= 4 is 26.9 Å². The first-order chi connectivity index (χ1) is 5.77. The summed E-state index contributed by atoms with van der Waals surface area (Å²) in [7, 11) is 0. The van der Waals surface area contributed by atoms with Crippen LogP contribution in [0.1, 0.15) is 0 Å². The van der Waals surface area contributed by atoms with Gasteiger partial charge in [0.15, 0.2) is 11.7 Å². The molecular formula is C9H4BrO2. The van der Waals surface area contributed by atoms with E-state index < -0.39 is 0 Å². The molecule has 2 nitrogen and oxygen atoms in total. The van der Waals surface area contributed by atoms with Crippen molar-refractivity contribution in [3.05, 3.63) is 45.2 Å². The summed E-state index contributed by atoms with van der Waals surface area (Å²) < 4.78 is 5.91. The molecule has 0 aliphatic carbocycles. The van der Waals surface area contributed by atoms with Gasteiger partial charge in [0.25, 0.3) is 0 Å². The van der Waals surface area contributed by atoms with Crippen LogP contribution in [0, 0.1) is 6.26 Å². The first kappa shape index (κ1) is 7.55. The highest BCUT2D eigenvalue weighted by Gasteiger charge is 1.99. The van der Waals surface area contributed by atoms with Crippen molar-refractivity contribution in [2.45, 2.75) is 0 Å². The lowest BCUT2D eigenvalue weighted by molar-refractivity contribution is 0.592. The SMILES string of the molecule is O=c1c[c]oc2cc(Br)ccc12. The molecule has 3 heteroatoms. The number of benzene rings is 1.